The minimum Gasteiger partial charge on any atom is -0.324 e. The van der Waals surface area contributed by atoms with Crippen LogP contribution in [0, 0.1) is 5.92 Å². The molecule has 1 aromatic carbocycles. The fourth-order valence-corrected chi connectivity index (χ4v) is 2.19. The van der Waals surface area contributed by atoms with E-state index < -0.39 is 0 Å². The number of nitrogens with zero attached hydrogens (tertiary/aromatic N) is 1. The molecule has 0 atom stereocenters. The molecule has 0 aliphatic carbocycles. The first-order valence-corrected chi connectivity index (χ1v) is 6.18. The van der Waals surface area contributed by atoms with Crippen molar-refractivity contribution in [3.05, 3.63) is 35.5 Å². The first kappa shape index (κ1) is 11.4. The lowest BCUT2D eigenvalue weighted by atomic mass is 10.0. The number of fused-ring (bicyclic) bond motifs is 1. The standard InChI is InChI=1S/C13H12ClN3O/c14-10-4-8-2-1-3-16-12(8)11(5-10)17-13(18)9-6-15-7-9/h1-5,9,15H,6-7H2,(H,17,18). The second-order valence-electron chi connectivity index (χ2n) is 4.37. The number of rotatable bonds is 2. The first-order valence-electron chi connectivity index (χ1n) is 5.80. The van der Waals surface area contributed by atoms with Crippen LogP contribution in [0.2, 0.25) is 5.02 Å². The molecule has 2 aromatic rings. The fourth-order valence-electron chi connectivity index (χ4n) is 1.96. The fraction of sp³-hybridized carbons (Fsp3) is 0.231. The number of benzene rings is 1. The highest BCUT2D eigenvalue weighted by molar-refractivity contribution is 6.32. The summed E-state index contributed by atoms with van der Waals surface area (Å²) in [4.78, 5) is 16.2. The van der Waals surface area contributed by atoms with Crippen molar-refractivity contribution < 1.29 is 4.79 Å². The van der Waals surface area contributed by atoms with E-state index in [1.165, 1.54) is 0 Å². The highest BCUT2D eigenvalue weighted by Gasteiger charge is 2.25. The lowest BCUT2D eigenvalue weighted by molar-refractivity contribution is -0.121. The van der Waals surface area contributed by atoms with Crippen molar-refractivity contribution in [1.29, 1.82) is 0 Å². The predicted octanol–water partition coefficient (Wildman–Crippen LogP) is 2.05. The number of hydrogen-bond donors (Lipinski definition) is 2. The minimum absolute atomic E-state index is 0.0166. The molecule has 18 heavy (non-hydrogen) atoms. The summed E-state index contributed by atoms with van der Waals surface area (Å²) in [5.74, 6) is 0.0608. The number of carbonyl (C=O) groups excluding carboxylic acids is 1. The Morgan fingerprint density at radius 2 is 2.28 bits per heavy atom. The summed E-state index contributed by atoms with van der Waals surface area (Å²) in [6.07, 6.45) is 1.71. The minimum atomic E-state index is 0.0166. The summed E-state index contributed by atoms with van der Waals surface area (Å²) < 4.78 is 0. The lowest BCUT2D eigenvalue weighted by Gasteiger charge is -2.25. The quantitative estimate of drug-likeness (QED) is 0.870. The van der Waals surface area contributed by atoms with Crippen LogP contribution in [0.3, 0.4) is 0 Å². The van der Waals surface area contributed by atoms with Crippen molar-refractivity contribution >= 4 is 34.1 Å². The number of amides is 1. The van der Waals surface area contributed by atoms with Crippen LogP contribution in [0.4, 0.5) is 5.69 Å². The molecule has 1 aliphatic heterocycles. The Labute approximate surface area is 109 Å². The molecule has 5 heteroatoms. The number of halogens is 1. The lowest BCUT2D eigenvalue weighted by Crippen LogP contribution is -2.48. The molecule has 0 saturated carbocycles. The molecule has 4 nitrogen and oxygen atoms in total. The van der Waals surface area contributed by atoms with Gasteiger partial charge in [-0.3, -0.25) is 9.78 Å². The van der Waals surface area contributed by atoms with E-state index in [1.54, 1.807) is 12.3 Å². The number of carbonyl (C=O) groups is 1. The number of anilines is 1. The third-order valence-corrected chi connectivity index (χ3v) is 3.30. The average Bonchev–Trinajstić information content (AvgIpc) is 2.26. The van der Waals surface area contributed by atoms with Gasteiger partial charge in [0.25, 0.3) is 0 Å². The summed E-state index contributed by atoms with van der Waals surface area (Å²) in [6.45, 7) is 1.47. The maximum Gasteiger partial charge on any atom is 0.230 e. The van der Waals surface area contributed by atoms with Gasteiger partial charge in [0.2, 0.25) is 5.91 Å². The van der Waals surface area contributed by atoms with Gasteiger partial charge >= 0.3 is 0 Å². The number of nitrogens with one attached hydrogen (secondary N) is 2. The molecule has 0 radical (unpaired) electrons. The molecule has 2 heterocycles. The van der Waals surface area contributed by atoms with E-state index in [1.807, 2.05) is 18.2 Å². The molecule has 92 valence electrons. The van der Waals surface area contributed by atoms with Crippen molar-refractivity contribution in [3.8, 4) is 0 Å². The molecule has 1 aromatic heterocycles. The second-order valence-corrected chi connectivity index (χ2v) is 4.81. The van der Waals surface area contributed by atoms with Crippen LogP contribution in [0.5, 0.6) is 0 Å². The summed E-state index contributed by atoms with van der Waals surface area (Å²) in [5.41, 5.74) is 1.44. The summed E-state index contributed by atoms with van der Waals surface area (Å²) in [6, 6.07) is 7.35. The second kappa shape index (κ2) is 4.55. The van der Waals surface area contributed by atoms with Crippen LogP contribution in [0.1, 0.15) is 0 Å². The molecular formula is C13H12ClN3O. The topological polar surface area (TPSA) is 54.0 Å². The van der Waals surface area contributed by atoms with Gasteiger partial charge in [-0.05, 0) is 18.2 Å². The molecule has 0 spiro atoms. The van der Waals surface area contributed by atoms with Gasteiger partial charge in [-0.25, -0.2) is 0 Å². The molecule has 1 fully saturated rings. The van der Waals surface area contributed by atoms with Crippen molar-refractivity contribution in [2.75, 3.05) is 18.4 Å². The Bertz CT molecular complexity index is 610. The number of hydrogen-bond acceptors (Lipinski definition) is 3. The average molecular weight is 262 g/mol. The van der Waals surface area contributed by atoms with Crippen LogP contribution in [-0.2, 0) is 4.79 Å². The normalized spacial score (nSPS) is 15.4. The van der Waals surface area contributed by atoms with E-state index in [0.29, 0.717) is 10.7 Å². The van der Waals surface area contributed by atoms with Gasteiger partial charge in [0.15, 0.2) is 0 Å². The first-order chi connectivity index (χ1) is 8.74. The zero-order chi connectivity index (χ0) is 12.5. The monoisotopic (exact) mass is 261 g/mol. The van der Waals surface area contributed by atoms with Crippen molar-refractivity contribution in [2.24, 2.45) is 5.92 Å². The van der Waals surface area contributed by atoms with Crippen LogP contribution >= 0.6 is 11.6 Å². The van der Waals surface area contributed by atoms with Gasteiger partial charge < -0.3 is 10.6 Å². The Morgan fingerprint density at radius 3 is 3.00 bits per heavy atom. The zero-order valence-electron chi connectivity index (χ0n) is 9.61. The van der Waals surface area contributed by atoms with Gasteiger partial charge in [0, 0.05) is 29.7 Å². The van der Waals surface area contributed by atoms with Crippen LogP contribution < -0.4 is 10.6 Å². The maximum absolute atomic E-state index is 11.9. The molecule has 3 rings (SSSR count). The molecule has 0 bridgehead atoms. The molecular weight excluding hydrogens is 250 g/mol. The van der Waals surface area contributed by atoms with E-state index >= 15 is 0 Å². The highest BCUT2D eigenvalue weighted by Crippen LogP contribution is 2.26. The van der Waals surface area contributed by atoms with Gasteiger partial charge in [-0.2, -0.15) is 0 Å². The van der Waals surface area contributed by atoms with E-state index in [2.05, 4.69) is 15.6 Å². The van der Waals surface area contributed by atoms with E-state index in [4.69, 9.17) is 11.6 Å². The number of pyridine rings is 1. The van der Waals surface area contributed by atoms with Crippen LogP contribution in [0.15, 0.2) is 30.5 Å². The molecule has 0 unspecified atom stereocenters. The zero-order valence-corrected chi connectivity index (χ0v) is 10.4. The van der Waals surface area contributed by atoms with Crippen LogP contribution in [0.25, 0.3) is 10.9 Å². The van der Waals surface area contributed by atoms with Gasteiger partial charge in [-0.1, -0.05) is 17.7 Å². The van der Waals surface area contributed by atoms with Gasteiger partial charge in [0.1, 0.15) is 0 Å². The SMILES string of the molecule is O=C(Nc1cc(Cl)cc2cccnc12)C1CNC1. The molecule has 1 amide bonds. The maximum atomic E-state index is 11.9. The van der Waals surface area contributed by atoms with Crippen molar-refractivity contribution in [1.82, 2.24) is 10.3 Å². The summed E-state index contributed by atoms with van der Waals surface area (Å²) in [5, 5.41) is 7.49. The molecule has 1 saturated heterocycles. The summed E-state index contributed by atoms with van der Waals surface area (Å²) >= 11 is 6.04. The third-order valence-electron chi connectivity index (χ3n) is 3.08. The van der Waals surface area contributed by atoms with Gasteiger partial charge in [-0.15, -0.1) is 0 Å². The predicted molar refractivity (Wildman–Crippen MR) is 71.7 cm³/mol. The van der Waals surface area contributed by atoms with Crippen molar-refractivity contribution in [3.63, 3.8) is 0 Å². The third kappa shape index (κ3) is 2.05. The Hall–Kier alpha value is -1.65. The Kier molecular flexibility index (Phi) is 2.89. The summed E-state index contributed by atoms with van der Waals surface area (Å²) in [7, 11) is 0. The molecule has 2 N–H and O–H groups in total. The Morgan fingerprint density at radius 1 is 1.44 bits per heavy atom. The van der Waals surface area contributed by atoms with E-state index in [-0.39, 0.29) is 11.8 Å². The number of aromatic nitrogens is 1. The van der Waals surface area contributed by atoms with E-state index in [9.17, 15) is 4.79 Å². The van der Waals surface area contributed by atoms with E-state index in [0.717, 1.165) is 24.0 Å². The highest BCUT2D eigenvalue weighted by atomic mass is 35.5. The molecule has 1 aliphatic rings. The van der Waals surface area contributed by atoms with Crippen LogP contribution in [-0.4, -0.2) is 24.0 Å². The largest absolute Gasteiger partial charge is 0.324 e. The Balaban J connectivity index is 1.97. The van der Waals surface area contributed by atoms with Gasteiger partial charge in [0.05, 0.1) is 17.1 Å². The van der Waals surface area contributed by atoms with Crippen molar-refractivity contribution in [2.45, 2.75) is 0 Å². The smallest absolute Gasteiger partial charge is 0.230 e.